The van der Waals surface area contributed by atoms with Crippen molar-refractivity contribution in [3.63, 3.8) is 0 Å². The maximum Gasteiger partial charge on any atom is 0.317 e. The first-order valence-corrected chi connectivity index (χ1v) is 8.43. The normalized spacial score (nSPS) is 30.9. The molecule has 2 aliphatic rings. The Kier molecular flexibility index (Phi) is 6.30. The monoisotopic (exact) mass is 298 g/mol. The van der Waals surface area contributed by atoms with Crippen molar-refractivity contribution in [2.45, 2.75) is 70.1 Å². The van der Waals surface area contributed by atoms with Crippen molar-refractivity contribution in [1.82, 2.24) is 10.2 Å². The molecule has 1 aliphatic heterocycles. The molecule has 2 amide bonds. The zero-order valence-corrected chi connectivity index (χ0v) is 13.4. The number of carbonyl (C=O) groups excluding carboxylic acids is 1. The van der Waals surface area contributed by atoms with E-state index < -0.39 is 0 Å². The molecule has 0 aromatic heterocycles. The van der Waals surface area contributed by atoms with Gasteiger partial charge in [-0.05, 0) is 32.1 Å². The van der Waals surface area contributed by atoms with Crippen molar-refractivity contribution in [3.05, 3.63) is 0 Å². The fourth-order valence-electron chi connectivity index (χ4n) is 3.48. The topological polar surface area (TPSA) is 61.8 Å². The molecule has 1 saturated heterocycles. The van der Waals surface area contributed by atoms with E-state index in [4.69, 9.17) is 4.74 Å². The van der Waals surface area contributed by atoms with Crippen LogP contribution in [0.25, 0.3) is 0 Å². The summed E-state index contributed by atoms with van der Waals surface area (Å²) in [4.78, 5) is 14.0. The van der Waals surface area contributed by atoms with Crippen LogP contribution in [0.15, 0.2) is 0 Å². The van der Waals surface area contributed by atoms with Crippen LogP contribution in [0.4, 0.5) is 4.79 Å². The van der Waals surface area contributed by atoms with E-state index in [0.29, 0.717) is 6.54 Å². The predicted molar refractivity (Wildman–Crippen MR) is 82.2 cm³/mol. The lowest BCUT2D eigenvalue weighted by atomic mass is 9.86. The summed E-state index contributed by atoms with van der Waals surface area (Å²) in [6.07, 6.45) is 7.05. The third kappa shape index (κ3) is 4.58. The Bertz CT molecular complexity index is 331. The number of hydrogen-bond acceptors (Lipinski definition) is 3. The van der Waals surface area contributed by atoms with Gasteiger partial charge in [0.1, 0.15) is 0 Å². The lowest BCUT2D eigenvalue weighted by Gasteiger charge is -2.32. The van der Waals surface area contributed by atoms with Gasteiger partial charge in [-0.2, -0.15) is 0 Å². The molecule has 1 saturated carbocycles. The number of nitrogens with one attached hydrogen (secondary N) is 1. The van der Waals surface area contributed by atoms with Gasteiger partial charge in [-0.3, -0.25) is 0 Å². The molecular weight excluding hydrogens is 268 g/mol. The molecule has 0 spiro atoms. The SMILES string of the molecule is CCC(NC(=O)N(C)CC1CCCCC1O)C1CCCO1. The van der Waals surface area contributed by atoms with Gasteiger partial charge < -0.3 is 20.1 Å². The van der Waals surface area contributed by atoms with E-state index in [1.807, 2.05) is 7.05 Å². The molecule has 1 heterocycles. The van der Waals surface area contributed by atoms with Crippen LogP contribution in [-0.4, -0.2) is 54.5 Å². The van der Waals surface area contributed by atoms with E-state index in [-0.39, 0.29) is 30.2 Å². The molecule has 4 atom stereocenters. The standard InChI is InChI=1S/C16H30N2O3/c1-3-13(15-9-6-10-21-15)17-16(20)18(2)11-12-7-4-5-8-14(12)19/h12-15,19H,3-11H2,1-2H3,(H,17,20). The average molecular weight is 298 g/mol. The summed E-state index contributed by atoms with van der Waals surface area (Å²) < 4.78 is 5.68. The van der Waals surface area contributed by atoms with Crippen molar-refractivity contribution < 1.29 is 14.6 Å². The van der Waals surface area contributed by atoms with Gasteiger partial charge in [0.05, 0.1) is 18.2 Å². The largest absolute Gasteiger partial charge is 0.393 e. The molecule has 2 N–H and O–H groups in total. The molecule has 122 valence electrons. The smallest absolute Gasteiger partial charge is 0.317 e. The first kappa shape index (κ1) is 16.6. The van der Waals surface area contributed by atoms with Crippen LogP contribution >= 0.6 is 0 Å². The maximum absolute atomic E-state index is 12.3. The molecule has 4 unspecified atom stereocenters. The number of urea groups is 1. The second-order valence-electron chi connectivity index (χ2n) is 6.51. The minimum absolute atomic E-state index is 0.0462. The van der Waals surface area contributed by atoms with E-state index in [2.05, 4.69) is 12.2 Å². The molecule has 0 radical (unpaired) electrons. The van der Waals surface area contributed by atoms with E-state index in [0.717, 1.165) is 51.6 Å². The van der Waals surface area contributed by atoms with E-state index in [1.54, 1.807) is 4.90 Å². The van der Waals surface area contributed by atoms with Gasteiger partial charge in [0.15, 0.2) is 0 Å². The van der Waals surface area contributed by atoms with Crippen LogP contribution in [0.3, 0.4) is 0 Å². The summed E-state index contributed by atoms with van der Waals surface area (Å²) in [6.45, 7) is 3.52. The van der Waals surface area contributed by atoms with Crippen LogP contribution in [0.5, 0.6) is 0 Å². The van der Waals surface area contributed by atoms with Crippen LogP contribution in [0.2, 0.25) is 0 Å². The minimum Gasteiger partial charge on any atom is -0.393 e. The zero-order valence-electron chi connectivity index (χ0n) is 13.4. The Labute approximate surface area is 128 Å². The Hall–Kier alpha value is -0.810. The molecular formula is C16H30N2O3. The molecule has 21 heavy (non-hydrogen) atoms. The van der Waals surface area contributed by atoms with Crippen LogP contribution in [0.1, 0.15) is 51.9 Å². The summed E-state index contributed by atoms with van der Waals surface area (Å²) in [5, 5.41) is 13.1. The molecule has 5 nitrogen and oxygen atoms in total. The third-order valence-electron chi connectivity index (χ3n) is 4.89. The lowest BCUT2D eigenvalue weighted by Crippen LogP contribution is -2.49. The van der Waals surface area contributed by atoms with Crippen molar-refractivity contribution in [3.8, 4) is 0 Å². The van der Waals surface area contributed by atoms with Gasteiger partial charge >= 0.3 is 6.03 Å². The number of ether oxygens (including phenoxy) is 1. The first-order valence-electron chi connectivity index (χ1n) is 8.43. The average Bonchev–Trinajstić information content (AvgIpc) is 3.00. The van der Waals surface area contributed by atoms with Crippen molar-refractivity contribution in [1.29, 1.82) is 0 Å². The molecule has 0 aromatic rings. The Morgan fingerprint density at radius 1 is 1.33 bits per heavy atom. The van der Waals surface area contributed by atoms with Gasteiger partial charge in [-0.1, -0.05) is 19.8 Å². The number of hydrogen-bond donors (Lipinski definition) is 2. The highest BCUT2D eigenvalue weighted by atomic mass is 16.5. The predicted octanol–water partition coefficient (Wildman–Crippen LogP) is 2.14. The highest BCUT2D eigenvalue weighted by molar-refractivity contribution is 5.74. The van der Waals surface area contributed by atoms with Crippen molar-refractivity contribution >= 4 is 6.03 Å². The third-order valence-corrected chi connectivity index (χ3v) is 4.89. The molecule has 1 aliphatic carbocycles. The Morgan fingerprint density at radius 3 is 2.71 bits per heavy atom. The number of aliphatic hydroxyl groups excluding tert-OH is 1. The van der Waals surface area contributed by atoms with Crippen LogP contribution in [0, 0.1) is 5.92 Å². The summed E-state index contributed by atoms with van der Waals surface area (Å²) in [5.41, 5.74) is 0. The molecule has 5 heteroatoms. The molecule has 2 fully saturated rings. The molecule has 2 rings (SSSR count). The quantitative estimate of drug-likeness (QED) is 0.817. The Balaban J connectivity index is 1.80. The van der Waals surface area contributed by atoms with Gasteiger partial charge in [-0.25, -0.2) is 4.79 Å². The fourth-order valence-corrected chi connectivity index (χ4v) is 3.48. The molecule has 0 bridgehead atoms. The molecule has 0 aromatic carbocycles. The van der Waals surface area contributed by atoms with Gasteiger partial charge in [0.25, 0.3) is 0 Å². The Morgan fingerprint density at radius 2 is 2.10 bits per heavy atom. The summed E-state index contributed by atoms with van der Waals surface area (Å²) in [7, 11) is 1.82. The summed E-state index contributed by atoms with van der Waals surface area (Å²) >= 11 is 0. The second-order valence-corrected chi connectivity index (χ2v) is 6.51. The lowest BCUT2D eigenvalue weighted by molar-refractivity contribution is 0.0534. The number of nitrogens with zero attached hydrogens (tertiary/aromatic N) is 1. The van der Waals surface area contributed by atoms with Gasteiger partial charge in [0.2, 0.25) is 0 Å². The number of rotatable bonds is 5. The van der Waals surface area contributed by atoms with Gasteiger partial charge in [0, 0.05) is 26.1 Å². The maximum atomic E-state index is 12.3. The first-order chi connectivity index (χ1) is 10.1. The second kappa shape index (κ2) is 7.99. The number of aliphatic hydroxyl groups is 1. The summed E-state index contributed by atoms with van der Waals surface area (Å²) in [6, 6.07) is 0.0499. The van der Waals surface area contributed by atoms with E-state index in [9.17, 15) is 9.90 Å². The summed E-state index contributed by atoms with van der Waals surface area (Å²) in [5.74, 6) is 0.220. The highest BCUT2D eigenvalue weighted by Crippen LogP contribution is 2.25. The zero-order chi connectivity index (χ0) is 15.2. The minimum atomic E-state index is -0.255. The van der Waals surface area contributed by atoms with E-state index >= 15 is 0 Å². The van der Waals surface area contributed by atoms with Gasteiger partial charge in [-0.15, -0.1) is 0 Å². The van der Waals surface area contributed by atoms with Crippen molar-refractivity contribution in [2.24, 2.45) is 5.92 Å². The fraction of sp³-hybridized carbons (Fsp3) is 0.938. The van der Waals surface area contributed by atoms with Crippen molar-refractivity contribution in [2.75, 3.05) is 20.2 Å². The van der Waals surface area contributed by atoms with Crippen LogP contribution in [-0.2, 0) is 4.74 Å². The number of amides is 2. The van der Waals surface area contributed by atoms with E-state index in [1.165, 1.54) is 0 Å². The number of carbonyl (C=O) groups is 1. The highest BCUT2D eigenvalue weighted by Gasteiger charge is 2.29. The van der Waals surface area contributed by atoms with Crippen LogP contribution < -0.4 is 5.32 Å².